The molecule has 3 aromatic carbocycles. The van der Waals surface area contributed by atoms with E-state index >= 15 is 0 Å². The van der Waals surface area contributed by atoms with E-state index in [9.17, 15) is 4.79 Å². The molecule has 0 bridgehead atoms. The summed E-state index contributed by atoms with van der Waals surface area (Å²) in [6.07, 6.45) is 2.95. The van der Waals surface area contributed by atoms with Crippen molar-refractivity contribution in [1.82, 2.24) is 9.78 Å². The maximum atomic E-state index is 13.4. The summed E-state index contributed by atoms with van der Waals surface area (Å²) < 4.78 is 1.66. The number of allylic oxidation sites excluding steroid dienone is 1. The molecule has 5 rings (SSSR count). The summed E-state index contributed by atoms with van der Waals surface area (Å²) in [6, 6.07) is 28.7. The minimum Gasteiger partial charge on any atom is -0.291 e. The predicted molar refractivity (Wildman–Crippen MR) is 118 cm³/mol. The number of nitrogens with one attached hydrogen (secondary N) is 1. The van der Waals surface area contributed by atoms with E-state index in [1.54, 1.807) is 4.68 Å². The van der Waals surface area contributed by atoms with Gasteiger partial charge in [-0.15, -0.1) is 0 Å². The Morgan fingerprint density at radius 3 is 2.21 bits per heavy atom. The molecule has 0 amide bonds. The Hall–Kier alpha value is -3.59. The van der Waals surface area contributed by atoms with Crippen LogP contribution in [0.4, 0.5) is 0 Å². The molecule has 0 fully saturated rings. The normalized spacial score (nSPS) is 15.6. The summed E-state index contributed by atoms with van der Waals surface area (Å²) in [5.74, 6) is 0.0289. The van der Waals surface area contributed by atoms with Crippen LogP contribution in [0.2, 0.25) is 0 Å². The number of para-hydroxylation sites is 1. The molecule has 0 spiro atoms. The van der Waals surface area contributed by atoms with Crippen LogP contribution < -0.4 is 5.56 Å². The molecule has 1 heterocycles. The van der Waals surface area contributed by atoms with Crippen LogP contribution in [-0.4, -0.2) is 9.78 Å². The Morgan fingerprint density at radius 2 is 1.52 bits per heavy atom. The molecule has 0 radical (unpaired) electrons. The van der Waals surface area contributed by atoms with Crippen molar-refractivity contribution in [3.63, 3.8) is 0 Å². The summed E-state index contributed by atoms with van der Waals surface area (Å²) >= 11 is 0. The number of H-pyrrole nitrogens is 1. The molecule has 1 aliphatic carbocycles. The summed E-state index contributed by atoms with van der Waals surface area (Å²) in [5.41, 5.74) is 7.48. The van der Waals surface area contributed by atoms with Crippen LogP contribution in [0.25, 0.3) is 17.3 Å². The van der Waals surface area contributed by atoms with Crippen LogP contribution >= 0.6 is 0 Å². The molecule has 1 N–H and O–H groups in total. The lowest BCUT2D eigenvalue weighted by atomic mass is 9.80. The summed E-state index contributed by atoms with van der Waals surface area (Å²) in [6.45, 7) is 2.10. The molecule has 3 heteroatoms. The molecule has 0 aliphatic heterocycles. The highest BCUT2D eigenvalue weighted by atomic mass is 16.1. The van der Waals surface area contributed by atoms with Crippen molar-refractivity contribution in [2.24, 2.45) is 0 Å². The second-order valence-electron chi connectivity index (χ2n) is 7.62. The number of aromatic nitrogens is 2. The van der Waals surface area contributed by atoms with E-state index < -0.39 is 0 Å². The third-order valence-electron chi connectivity index (χ3n) is 5.69. The topological polar surface area (TPSA) is 37.8 Å². The van der Waals surface area contributed by atoms with Crippen LogP contribution in [0, 0.1) is 6.92 Å². The zero-order valence-electron chi connectivity index (χ0n) is 16.3. The second-order valence-corrected chi connectivity index (χ2v) is 7.62. The lowest BCUT2D eigenvalue weighted by Gasteiger charge is -2.23. The van der Waals surface area contributed by atoms with Crippen LogP contribution in [0.1, 0.15) is 40.3 Å². The number of hydrogen-bond donors (Lipinski definition) is 1. The molecular formula is C26H22N2O. The quantitative estimate of drug-likeness (QED) is 0.499. The Labute approximate surface area is 170 Å². The van der Waals surface area contributed by atoms with Gasteiger partial charge in [0.2, 0.25) is 0 Å². The molecule has 1 atom stereocenters. The Bertz CT molecular complexity index is 1230. The van der Waals surface area contributed by atoms with Gasteiger partial charge in [-0.3, -0.25) is 9.89 Å². The van der Waals surface area contributed by atoms with Crippen LogP contribution in [0.3, 0.4) is 0 Å². The van der Waals surface area contributed by atoms with E-state index in [0.717, 1.165) is 23.4 Å². The molecule has 142 valence electrons. The van der Waals surface area contributed by atoms with Crippen molar-refractivity contribution in [2.75, 3.05) is 0 Å². The van der Waals surface area contributed by atoms with Crippen molar-refractivity contribution in [3.8, 4) is 5.69 Å². The lowest BCUT2D eigenvalue weighted by Crippen LogP contribution is -2.21. The molecule has 0 saturated carbocycles. The first-order valence-corrected chi connectivity index (χ1v) is 9.93. The van der Waals surface area contributed by atoms with Gasteiger partial charge in [0.1, 0.15) is 0 Å². The van der Waals surface area contributed by atoms with Gasteiger partial charge in [-0.05, 0) is 48.3 Å². The Morgan fingerprint density at radius 1 is 0.862 bits per heavy atom. The summed E-state index contributed by atoms with van der Waals surface area (Å²) in [5, 5.41) is 3.36. The van der Waals surface area contributed by atoms with Crippen molar-refractivity contribution < 1.29 is 0 Å². The minimum absolute atomic E-state index is 0.0271. The number of fused-ring (bicyclic) bond motifs is 1. The fourth-order valence-corrected chi connectivity index (χ4v) is 4.17. The maximum absolute atomic E-state index is 13.4. The van der Waals surface area contributed by atoms with Gasteiger partial charge in [0.15, 0.2) is 0 Å². The van der Waals surface area contributed by atoms with Gasteiger partial charge >= 0.3 is 0 Å². The average molecular weight is 378 g/mol. The number of benzene rings is 3. The van der Waals surface area contributed by atoms with Gasteiger partial charge in [-0.1, -0.05) is 78.4 Å². The number of aryl methyl sites for hydroxylation is 1. The zero-order chi connectivity index (χ0) is 19.8. The van der Waals surface area contributed by atoms with Gasteiger partial charge in [0, 0.05) is 5.92 Å². The van der Waals surface area contributed by atoms with Crippen LogP contribution in [0.15, 0.2) is 89.7 Å². The molecule has 1 aromatic heterocycles. The molecule has 1 unspecified atom stereocenters. The van der Waals surface area contributed by atoms with Gasteiger partial charge in [0.05, 0.1) is 16.9 Å². The highest BCUT2D eigenvalue weighted by Gasteiger charge is 2.29. The third-order valence-corrected chi connectivity index (χ3v) is 5.69. The van der Waals surface area contributed by atoms with Crippen LogP contribution in [0.5, 0.6) is 0 Å². The van der Waals surface area contributed by atoms with Gasteiger partial charge < -0.3 is 0 Å². The molecule has 29 heavy (non-hydrogen) atoms. The molecule has 3 nitrogen and oxygen atoms in total. The monoisotopic (exact) mass is 378 g/mol. The minimum atomic E-state index is 0.0271. The first-order chi connectivity index (χ1) is 14.2. The zero-order valence-corrected chi connectivity index (χ0v) is 16.3. The molecule has 0 saturated heterocycles. The van der Waals surface area contributed by atoms with Crippen molar-refractivity contribution in [3.05, 3.63) is 123 Å². The van der Waals surface area contributed by atoms with E-state index in [4.69, 9.17) is 0 Å². The number of rotatable bonds is 3. The Kier molecular flexibility index (Phi) is 4.28. The number of hydrogen-bond acceptors (Lipinski definition) is 1. The van der Waals surface area contributed by atoms with Gasteiger partial charge in [0.25, 0.3) is 5.56 Å². The maximum Gasteiger partial charge on any atom is 0.275 e. The van der Waals surface area contributed by atoms with E-state index in [1.165, 1.54) is 22.3 Å². The van der Waals surface area contributed by atoms with E-state index in [2.05, 4.69) is 54.5 Å². The lowest BCUT2D eigenvalue weighted by molar-refractivity contribution is 0.814. The standard InChI is InChI=1S/C26H22N2O/c1-18-12-14-19(15-13-18)21-16-23(20-8-4-2-5-9-20)25-24(17-21)27-28(26(25)29)22-10-6-3-7-11-22/h2-15,17,23,27H,16H2,1H3. The molecular weight excluding hydrogens is 356 g/mol. The summed E-state index contributed by atoms with van der Waals surface area (Å²) in [7, 11) is 0. The highest BCUT2D eigenvalue weighted by Crippen LogP contribution is 2.40. The van der Waals surface area contributed by atoms with E-state index in [-0.39, 0.29) is 11.5 Å². The predicted octanol–water partition coefficient (Wildman–Crippen LogP) is 5.55. The first-order valence-electron chi connectivity index (χ1n) is 9.93. The van der Waals surface area contributed by atoms with Crippen molar-refractivity contribution in [1.29, 1.82) is 0 Å². The highest BCUT2D eigenvalue weighted by molar-refractivity contribution is 5.84. The van der Waals surface area contributed by atoms with E-state index in [1.807, 2.05) is 48.5 Å². The molecule has 1 aliphatic rings. The average Bonchev–Trinajstić information content (AvgIpc) is 3.11. The van der Waals surface area contributed by atoms with Crippen LogP contribution in [-0.2, 0) is 0 Å². The van der Waals surface area contributed by atoms with Gasteiger partial charge in [-0.25, -0.2) is 4.68 Å². The summed E-state index contributed by atoms with van der Waals surface area (Å²) in [4.78, 5) is 13.4. The van der Waals surface area contributed by atoms with Gasteiger partial charge in [-0.2, -0.15) is 0 Å². The third kappa shape index (κ3) is 3.15. The van der Waals surface area contributed by atoms with E-state index in [0.29, 0.717) is 0 Å². The number of nitrogens with zero attached hydrogens (tertiary/aromatic N) is 1. The van der Waals surface area contributed by atoms with Crippen molar-refractivity contribution in [2.45, 2.75) is 19.3 Å². The largest absolute Gasteiger partial charge is 0.291 e. The van der Waals surface area contributed by atoms with Crippen molar-refractivity contribution >= 4 is 11.6 Å². The second kappa shape index (κ2) is 7.10. The Balaban J connectivity index is 1.70. The smallest absolute Gasteiger partial charge is 0.275 e. The molecule has 4 aromatic rings. The SMILES string of the molecule is Cc1ccc(C2=Cc3[nH]n(-c4ccccc4)c(=O)c3C(c3ccccc3)C2)cc1. The fourth-order valence-electron chi connectivity index (χ4n) is 4.17. The fraction of sp³-hybridized carbons (Fsp3) is 0.115. The number of aromatic amines is 1. The first kappa shape index (κ1) is 17.5.